The van der Waals surface area contributed by atoms with Gasteiger partial charge in [-0.15, -0.1) is 11.3 Å². The highest BCUT2D eigenvalue weighted by Gasteiger charge is 2.27. The Kier molecular flexibility index (Phi) is 6.04. The molecule has 0 radical (unpaired) electrons. The molecular formula is C16H19ClN4O4S. The lowest BCUT2D eigenvalue weighted by Crippen LogP contribution is -2.18. The van der Waals surface area contributed by atoms with Crippen LogP contribution in [0.3, 0.4) is 0 Å². The number of thiophene rings is 1. The van der Waals surface area contributed by atoms with E-state index in [-0.39, 0.29) is 32.3 Å². The molecule has 0 aliphatic carbocycles. The molecule has 8 nitrogen and oxygen atoms in total. The molecule has 2 heterocycles. The predicted octanol–water partition coefficient (Wildman–Crippen LogP) is 2.84. The van der Waals surface area contributed by atoms with Crippen molar-refractivity contribution in [2.24, 2.45) is 5.73 Å². The number of nitrogens with two attached hydrogens (primary N) is 1. The standard InChI is InChI=1S/C16H19ClN4O4S/c1-5-21-6-9(17)11(20-21)14(23)19-15-10(16(24)25-7(2)3)8(4)12(26-15)13(18)22/h6-7H,5H2,1-4H3,(H2,18,22)(H,19,23). The number of anilines is 1. The molecular weight excluding hydrogens is 380 g/mol. The minimum atomic E-state index is -0.695. The number of carbonyl (C=O) groups excluding carboxylic acids is 3. The van der Waals surface area contributed by atoms with Crippen LogP contribution in [0.15, 0.2) is 6.20 Å². The number of hydrogen-bond donors (Lipinski definition) is 2. The maximum absolute atomic E-state index is 12.5. The molecule has 0 bridgehead atoms. The van der Waals surface area contributed by atoms with Crippen molar-refractivity contribution in [3.05, 3.63) is 32.9 Å². The van der Waals surface area contributed by atoms with Gasteiger partial charge in [-0.2, -0.15) is 5.10 Å². The van der Waals surface area contributed by atoms with Crippen LogP contribution in [0.4, 0.5) is 5.00 Å². The molecule has 0 unspecified atom stereocenters. The first kappa shape index (κ1) is 19.9. The van der Waals surface area contributed by atoms with Crippen LogP contribution < -0.4 is 11.1 Å². The van der Waals surface area contributed by atoms with Gasteiger partial charge in [0.25, 0.3) is 11.8 Å². The van der Waals surface area contributed by atoms with E-state index in [9.17, 15) is 14.4 Å². The second-order valence-electron chi connectivity index (χ2n) is 5.71. The third-order valence-corrected chi connectivity index (χ3v) is 4.90. The molecule has 26 heavy (non-hydrogen) atoms. The van der Waals surface area contributed by atoms with Gasteiger partial charge in [0.2, 0.25) is 0 Å². The fraction of sp³-hybridized carbons (Fsp3) is 0.375. The van der Waals surface area contributed by atoms with Crippen molar-refractivity contribution in [2.75, 3.05) is 5.32 Å². The second kappa shape index (κ2) is 7.88. The molecule has 2 aromatic rings. The van der Waals surface area contributed by atoms with E-state index in [4.69, 9.17) is 22.1 Å². The van der Waals surface area contributed by atoms with E-state index in [0.29, 0.717) is 12.1 Å². The summed E-state index contributed by atoms with van der Waals surface area (Å²) in [6.07, 6.45) is 1.16. The van der Waals surface area contributed by atoms with E-state index in [2.05, 4.69) is 10.4 Å². The Morgan fingerprint density at radius 1 is 1.42 bits per heavy atom. The molecule has 10 heteroatoms. The Balaban J connectivity index is 2.42. The maximum atomic E-state index is 12.5. The average molecular weight is 399 g/mol. The zero-order chi connectivity index (χ0) is 19.6. The molecule has 2 amide bonds. The Hall–Kier alpha value is -2.39. The summed E-state index contributed by atoms with van der Waals surface area (Å²) in [7, 11) is 0. The van der Waals surface area contributed by atoms with Gasteiger partial charge in [0, 0.05) is 12.7 Å². The molecule has 0 aliphatic rings. The van der Waals surface area contributed by atoms with E-state index in [1.165, 1.54) is 10.9 Å². The van der Waals surface area contributed by atoms with Crippen molar-refractivity contribution in [2.45, 2.75) is 40.3 Å². The number of nitrogens with one attached hydrogen (secondary N) is 1. The SMILES string of the molecule is CCn1cc(Cl)c(C(=O)Nc2sc(C(N)=O)c(C)c2C(=O)OC(C)C)n1. The number of rotatable bonds is 6. The Morgan fingerprint density at radius 2 is 2.08 bits per heavy atom. The molecule has 0 saturated carbocycles. The largest absolute Gasteiger partial charge is 0.459 e. The first-order chi connectivity index (χ1) is 12.1. The topological polar surface area (TPSA) is 116 Å². The van der Waals surface area contributed by atoms with Gasteiger partial charge >= 0.3 is 5.97 Å². The number of nitrogens with zero attached hydrogens (tertiary/aromatic N) is 2. The lowest BCUT2D eigenvalue weighted by molar-refractivity contribution is 0.0379. The van der Waals surface area contributed by atoms with Gasteiger partial charge in [-0.3, -0.25) is 14.3 Å². The van der Waals surface area contributed by atoms with Crippen molar-refractivity contribution in [1.29, 1.82) is 0 Å². The number of aryl methyl sites for hydroxylation is 1. The van der Waals surface area contributed by atoms with Crippen LogP contribution in [0.25, 0.3) is 0 Å². The Bertz CT molecular complexity index is 872. The third-order valence-electron chi connectivity index (χ3n) is 3.40. The first-order valence-corrected chi connectivity index (χ1v) is 9.03. The summed E-state index contributed by atoms with van der Waals surface area (Å²) in [5.41, 5.74) is 5.82. The van der Waals surface area contributed by atoms with Gasteiger partial charge in [-0.05, 0) is 33.3 Å². The molecule has 140 valence electrons. The summed E-state index contributed by atoms with van der Waals surface area (Å²) in [5.74, 6) is -1.94. The van der Waals surface area contributed by atoms with Crippen LogP contribution in [0.5, 0.6) is 0 Å². The van der Waals surface area contributed by atoms with Crippen LogP contribution >= 0.6 is 22.9 Å². The fourth-order valence-corrected chi connectivity index (χ4v) is 3.51. The van der Waals surface area contributed by atoms with Crippen molar-refractivity contribution in [3.63, 3.8) is 0 Å². The van der Waals surface area contributed by atoms with Crippen LogP contribution in [0, 0.1) is 6.92 Å². The van der Waals surface area contributed by atoms with Crippen LogP contribution in [0.1, 0.15) is 56.9 Å². The third kappa shape index (κ3) is 4.05. The number of halogens is 1. The number of amides is 2. The molecule has 2 rings (SSSR count). The minimum absolute atomic E-state index is 0.0170. The van der Waals surface area contributed by atoms with Crippen molar-refractivity contribution >= 4 is 45.7 Å². The monoisotopic (exact) mass is 398 g/mol. The molecule has 0 spiro atoms. The Labute approximate surface area is 159 Å². The zero-order valence-corrected chi connectivity index (χ0v) is 16.3. The van der Waals surface area contributed by atoms with Crippen LogP contribution in [-0.4, -0.2) is 33.7 Å². The van der Waals surface area contributed by atoms with E-state index >= 15 is 0 Å². The summed E-state index contributed by atoms with van der Waals surface area (Å²) in [6.45, 7) is 7.37. The lowest BCUT2D eigenvalue weighted by atomic mass is 10.1. The van der Waals surface area contributed by atoms with Gasteiger partial charge in [-0.25, -0.2) is 4.79 Å². The molecule has 2 aromatic heterocycles. The average Bonchev–Trinajstić information content (AvgIpc) is 3.06. The lowest BCUT2D eigenvalue weighted by Gasteiger charge is -2.10. The van der Waals surface area contributed by atoms with Crippen LogP contribution in [-0.2, 0) is 11.3 Å². The molecule has 3 N–H and O–H groups in total. The summed E-state index contributed by atoms with van der Waals surface area (Å²) < 4.78 is 6.72. The first-order valence-electron chi connectivity index (χ1n) is 7.84. The molecule has 0 saturated heterocycles. The predicted molar refractivity (Wildman–Crippen MR) is 99.0 cm³/mol. The second-order valence-corrected chi connectivity index (χ2v) is 7.14. The van der Waals surface area contributed by atoms with Gasteiger partial charge in [0.05, 0.1) is 21.6 Å². The Morgan fingerprint density at radius 3 is 2.58 bits per heavy atom. The highest BCUT2D eigenvalue weighted by molar-refractivity contribution is 7.18. The van der Waals surface area contributed by atoms with E-state index in [1.807, 2.05) is 6.92 Å². The fourth-order valence-electron chi connectivity index (χ4n) is 2.23. The number of hydrogen-bond acceptors (Lipinski definition) is 6. The van der Waals surface area contributed by atoms with Crippen molar-refractivity contribution < 1.29 is 19.1 Å². The maximum Gasteiger partial charge on any atom is 0.341 e. The molecule has 0 aromatic carbocycles. The normalized spacial score (nSPS) is 10.8. The van der Waals surface area contributed by atoms with Gasteiger partial charge < -0.3 is 15.8 Å². The highest BCUT2D eigenvalue weighted by atomic mass is 35.5. The molecule has 0 aliphatic heterocycles. The van der Waals surface area contributed by atoms with Gasteiger partial charge in [0.15, 0.2) is 5.69 Å². The number of carbonyl (C=O) groups is 3. The van der Waals surface area contributed by atoms with Gasteiger partial charge in [-0.1, -0.05) is 11.6 Å². The zero-order valence-electron chi connectivity index (χ0n) is 14.8. The molecule has 0 atom stereocenters. The smallest absolute Gasteiger partial charge is 0.341 e. The number of ether oxygens (including phenoxy) is 1. The summed E-state index contributed by atoms with van der Waals surface area (Å²) in [5, 5.41) is 7.01. The highest BCUT2D eigenvalue weighted by Crippen LogP contribution is 2.34. The summed E-state index contributed by atoms with van der Waals surface area (Å²) >= 11 is 6.94. The van der Waals surface area contributed by atoms with E-state index in [0.717, 1.165) is 11.3 Å². The number of esters is 1. The van der Waals surface area contributed by atoms with E-state index < -0.39 is 17.8 Å². The molecule has 0 fully saturated rings. The van der Waals surface area contributed by atoms with Crippen molar-refractivity contribution in [3.8, 4) is 0 Å². The summed E-state index contributed by atoms with van der Waals surface area (Å²) in [4.78, 5) is 36.7. The minimum Gasteiger partial charge on any atom is -0.459 e. The van der Waals surface area contributed by atoms with E-state index in [1.54, 1.807) is 20.8 Å². The van der Waals surface area contributed by atoms with Crippen molar-refractivity contribution in [1.82, 2.24) is 9.78 Å². The quantitative estimate of drug-likeness (QED) is 0.725. The summed E-state index contributed by atoms with van der Waals surface area (Å²) in [6, 6.07) is 0. The van der Waals surface area contributed by atoms with Crippen LogP contribution in [0.2, 0.25) is 5.02 Å². The van der Waals surface area contributed by atoms with Gasteiger partial charge in [0.1, 0.15) is 5.00 Å². The number of aromatic nitrogens is 2. The number of primary amides is 1.